The lowest BCUT2D eigenvalue weighted by atomic mass is 10.0. The Kier molecular flexibility index (Phi) is 5.14. The average molecular weight is 326 g/mol. The van der Waals surface area contributed by atoms with Gasteiger partial charge in [-0.05, 0) is 56.4 Å². The Bertz CT molecular complexity index is 736. The van der Waals surface area contributed by atoms with Crippen LogP contribution in [0, 0.1) is 6.92 Å². The highest BCUT2D eigenvalue weighted by Crippen LogP contribution is 2.22. The molecule has 1 atom stereocenters. The van der Waals surface area contributed by atoms with E-state index in [2.05, 4.69) is 24.0 Å². The molecule has 0 aliphatic carbocycles. The van der Waals surface area contributed by atoms with E-state index in [1.165, 1.54) is 12.0 Å². The second kappa shape index (κ2) is 7.31. The lowest BCUT2D eigenvalue weighted by Crippen LogP contribution is -2.37. The van der Waals surface area contributed by atoms with Gasteiger partial charge in [-0.2, -0.15) is 0 Å². The SMILES string of the molecule is CCc1ccc2nc(C)cc(C(=O)N(C)C[C@H]3CCCCO3)c2c1. The predicted molar refractivity (Wildman–Crippen MR) is 96.4 cm³/mol. The highest BCUT2D eigenvalue weighted by atomic mass is 16.5. The molecule has 1 saturated heterocycles. The van der Waals surface area contributed by atoms with Crippen LogP contribution >= 0.6 is 0 Å². The number of pyridine rings is 1. The van der Waals surface area contributed by atoms with Gasteiger partial charge in [0.15, 0.2) is 0 Å². The van der Waals surface area contributed by atoms with Gasteiger partial charge in [-0.1, -0.05) is 13.0 Å². The molecule has 1 aromatic heterocycles. The normalized spacial score (nSPS) is 17.9. The lowest BCUT2D eigenvalue weighted by Gasteiger charge is -2.27. The maximum Gasteiger partial charge on any atom is 0.254 e. The number of nitrogens with zero attached hydrogens (tertiary/aromatic N) is 2. The second-order valence-corrected chi connectivity index (χ2v) is 6.69. The van der Waals surface area contributed by atoms with E-state index in [0.29, 0.717) is 6.54 Å². The van der Waals surface area contributed by atoms with E-state index in [1.807, 2.05) is 26.1 Å². The van der Waals surface area contributed by atoms with Crippen molar-refractivity contribution in [3.8, 4) is 0 Å². The van der Waals surface area contributed by atoms with Crippen LogP contribution in [0.3, 0.4) is 0 Å². The quantitative estimate of drug-likeness (QED) is 0.859. The van der Waals surface area contributed by atoms with E-state index in [0.717, 1.165) is 48.0 Å². The number of hydrogen-bond acceptors (Lipinski definition) is 3. The van der Waals surface area contributed by atoms with Crippen LogP contribution in [0.5, 0.6) is 0 Å². The number of hydrogen-bond donors (Lipinski definition) is 0. The van der Waals surface area contributed by atoms with Gasteiger partial charge in [0, 0.05) is 31.3 Å². The summed E-state index contributed by atoms with van der Waals surface area (Å²) >= 11 is 0. The van der Waals surface area contributed by atoms with Gasteiger partial charge < -0.3 is 9.64 Å². The summed E-state index contributed by atoms with van der Waals surface area (Å²) in [6.45, 7) is 5.52. The van der Waals surface area contributed by atoms with Gasteiger partial charge in [0.1, 0.15) is 0 Å². The molecule has 4 heteroatoms. The first kappa shape index (κ1) is 16.9. The summed E-state index contributed by atoms with van der Waals surface area (Å²) in [7, 11) is 1.87. The molecule has 0 radical (unpaired) electrons. The third-order valence-electron chi connectivity index (χ3n) is 4.74. The molecule has 128 valence electrons. The summed E-state index contributed by atoms with van der Waals surface area (Å²) in [6, 6.07) is 8.10. The molecular formula is C20H26N2O2. The summed E-state index contributed by atoms with van der Waals surface area (Å²) in [6.07, 6.45) is 4.45. The van der Waals surface area contributed by atoms with Crippen LogP contribution in [0.2, 0.25) is 0 Å². The average Bonchev–Trinajstić information content (AvgIpc) is 2.60. The van der Waals surface area contributed by atoms with Crippen LogP contribution in [0.15, 0.2) is 24.3 Å². The molecule has 24 heavy (non-hydrogen) atoms. The molecule has 1 aliphatic heterocycles. The number of likely N-dealkylation sites (N-methyl/N-ethyl adjacent to an activating group) is 1. The highest BCUT2D eigenvalue weighted by molar-refractivity contribution is 6.06. The molecular weight excluding hydrogens is 300 g/mol. The van der Waals surface area contributed by atoms with Crippen molar-refractivity contribution in [2.24, 2.45) is 0 Å². The van der Waals surface area contributed by atoms with Crippen LogP contribution in [0.1, 0.15) is 47.8 Å². The number of amides is 1. The minimum atomic E-state index is 0.0490. The Morgan fingerprint density at radius 1 is 1.33 bits per heavy atom. The van der Waals surface area contributed by atoms with E-state index >= 15 is 0 Å². The van der Waals surface area contributed by atoms with E-state index in [1.54, 1.807) is 4.90 Å². The topological polar surface area (TPSA) is 42.4 Å². The van der Waals surface area contributed by atoms with Gasteiger partial charge in [0.25, 0.3) is 5.91 Å². The lowest BCUT2D eigenvalue weighted by molar-refractivity contribution is -0.000154. The predicted octanol–water partition coefficient (Wildman–Crippen LogP) is 3.75. The van der Waals surface area contributed by atoms with E-state index in [4.69, 9.17) is 4.74 Å². The van der Waals surface area contributed by atoms with Gasteiger partial charge >= 0.3 is 0 Å². The smallest absolute Gasteiger partial charge is 0.254 e. The maximum absolute atomic E-state index is 13.0. The largest absolute Gasteiger partial charge is 0.376 e. The van der Waals surface area contributed by atoms with Crippen molar-refractivity contribution >= 4 is 16.8 Å². The minimum Gasteiger partial charge on any atom is -0.376 e. The van der Waals surface area contributed by atoms with Crippen LogP contribution < -0.4 is 0 Å². The maximum atomic E-state index is 13.0. The Hall–Kier alpha value is -1.94. The molecule has 2 aromatic rings. The molecule has 0 spiro atoms. The first-order chi connectivity index (χ1) is 11.6. The fourth-order valence-corrected chi connectivity index (χ4v) is 3.35. The molecule has 1 amide bonds. The molecule has 1 aromatic carbocycles. The zero-order valence-electron chi connectivity index (χ0n) is 14.8. The molecule has 0 unspecified atom stereocenters. The molecule has 0 bridgehead atoms. The summed E-state index contributed by atoms with van der Waals surface area (Å²) in [5, 5.41) is 0.946. The molecule has 4 nitrogen and oxygen atoms in total. The Morgan fingerprint density at radius 2 is 2.17 bits per heavy atom. The molecule has 0 N–H and O–H groups in total. The summed E-state index contributed by atoms with van der Waals surface area (Å²) in [5.74, 6) is 0.0490. The van der Waals surface area contributed by atoms with Crippen molar-refractivity contribution in [2.75, 3.05) is 20.2 Å². The molecule has 3 rings (SSSR count). The van der Waals surface area contributed by atoms with Crippen LogP contribution in [-0.2, 0) is 11.2 Å². The van der Waals surface area contributed by atoms with E-state index in [9.17, 15) is 4.79 Å². The zero-order chi connectivity index (χ0) is 17.1. The molecule has 0 saturated carbocycles. The number of benzene rings is 1. The number of rotatable bonds is 4. The fourth-order valence-electron chi connectivity index (χ4n) is 3.35. The standard InChI is InChI=1S/C20H26N2O2/c1-4-15-8-9-19-17(12-15)18(11-14(2)21-19)20(23)22(3)13-16-7-5-6-10-24-16/h8-9,11-12,16H,4-7,10,13H2,1-3H3/t16-/m1/s1. The van der Waals surface area contributed by atoms with Crippen LogP contribution in [0.25, 0.3) is 10.9 Å². The Labute approximate surface area is 143 Å². The number of aryl methyl sites for hydroxylation is 2. The van der Waals surface area contributed by atoms with Gasteiger partial charge in [-0.15, -0.1) is 0 Å². The Morgan fingerprint density at radius 3 is 2.88 bits per heavy atom. The fraction of sp³-hybridized carbons (Fsp3) is 0.500. The van der Waals surface area contributed by atoms with Crippen molar-refractivity contribution in [1.82, 2.24) is 9.88 Å². The summed E-state index contributed by atoms with van der Waals surface area (Å²) in [4.78, 5) is 19.4. The second-order valence-electron chi connectivity index (χ2n) is 6.69. The van der Waals surface area contributed by atoms with Crippen molar-refractivity contribution in [3.05, 3.63) is 41.1 Å². The van der Waals surface area contributed by atoms with Gasteiger partial charge in [0.05, 0.1) is 17.2 Å². The minimum absolute atomic E-state index is 0.0490. The summed E-state index contributed by atoms with van der Waals surface area (Å²) < 4.78 is 5.78. The van der Waals surface area contributed by atoms with Crippen LogP contribution in [-0.4, -0.2) is 42.1 Å². The van der Waals surface area contributed by atoms with Crippen molar-refractivity contribution < 1.29 is 9.53 Å². The third-order valence-corrected chi connectivity index (χ3v) is 4.74. The summed E-state index contributed by atoms with van der Waals surface area (Å²) in [5.41, 5.74) is 3.72. The number of carbonyl (C=O) groups excluding carboxylic acids is 1. The highest BCUT2D eigenvalue weighted by Gasteiger charge is 2.21. The first-order valence-corrected chi connectivity index (χ1v) is 8.86. The molecule has 2 heterocycles. The van der Waals surface area contributed by atoms with Gasteiger partial charge in [-0.25, -0.2) is 0 Å². The Balaban J connectivity index is 1.90. The van der Waals surface area contributed by atoms with Crippen LogP contribution in [0.4, 0.5) is 0 Å². The van der Waals surface area contributed by atoms with Crippen molar-refractivity contribution in [3.63, 3.8) is 0 Å². The van der Waals surface area contributed by atoms with Crippen molar-refractivity contribution in [2.45, 2.75) is 45.6 Å². The van der Waals surface area contributed by atoms with Gasteiger partial charge in [-0.3, -0.25) is 9.78 Å². The zero-order valence-corrected chi connectivity index (χ0v) is 14.8. The molecule has 1 fully saturated rings. The molecule has 1 aliphatic rings. The number of ether oxygens (including phenoxy) is 1. The van der Waals surface area contributed by atoms with Crippen molar-refractivity contribution in [1.29, 1.82) is 0 Å². The first-order valence-electron chi connectivity index (χ1n) is 8.86. The third kappa shape index (κ3) is 3.59. The van der Waals surface area contributed by atoms with Gasteiger partial charge in [0.2, 0.25) is 0 Å². The number of carbonyl (C=O) groups is 1. The van der Waals surface area contributed by atoms with E-state index < -0.39 is 0 Å². The number of aromatic nitrogens is 1. The van der Waals surface area contributed by atoms with E-state index in [-0.39, 0.29) is 12.0 Å². The number of fused-ring (bicyclic) bond motifs is 1. The monoisotopic (exact) mass is 326 g/mol.